The zero-order valence-corrected chi connectivity index (χ0v) is 8.53. The smallest absolute Gasteiger partial charge is 0.303 e. The van der Waals surface area contributed by atoms with Crippen molar-refractivity contribution in [2.24, 2.45) is 5.92 Å². The summed E-state index contributed by atoms with van der Waals surface area (Å²) in [6, 6.07) is 0. The van der Waals surface area contributed by atoms with Crippen LogP contribution in [-0.4, -0.2) is 35.0 Å². The van der Waals surface area contributed by atoms with Gasteiger partial charge in [0.05, 0.1) is 0 Å². The molecule has 1 amide bonds. The molecule has 1 unspecified atom stereocenters. The van der Waals surface area contributed by atoms with Crippen molar-refractivity contribution in [2.45, 2.75) is 32.6 Å². The topological polar surface area (TPSA) is 57.6 Å². The minimum atomic E-state index is -0.813. The zero-order chi connectivity index (χ0) is 10.6. The SMILES string of the molecule is CCN1CCCC(CCC(=O)O)C1=O. The van der Waals surface area contributed by atoms with E-state index in [0.29, 0.717) is 6.42 Å². The summed E-state index contributed by atoms with van der Waals surface area (Å²) in [5.74, 6) is -0.730. The first kappa shape index (κ1) is 11.0. The van der Waals surface area contributed by atoms with Crippen molar-refractivity contribution in [3.05, 3.63) is 0 Å². The van der Waals surface area contributed by atoms with Gasteiger partial charge in [0.15, 0.2) is 0 Å². The molecule has 0 bridgehead atoms. The monoisotopic (exact) mass is 199 g/mol. The summed E-state index contributed by atoms with van der Waals surface area (Å²) in [5.41, 5.74) is 0. The van der Waals surface area contributed by atoms with Crippen molar-refractivity contribution in [1.82, 2.24) is 4.90 Å². The zero-order valence-electron chi connectivity index (χ0n) is 8.53. The first-order chi connectivity index (χ1) is 6.65. The van der Waals surface area contributed by atoms with Crippen molar-refractivity contribution in [3.8, 4) is 0 Å². The average Bonchev–Trinajstić information content (AvgIpc) is 2.16. The molecule has 0 spiro atoms. The number of aliphatic carboxylic acids is 1. The predicted molar refractivity (Wildman–Crippen MR) is 51.8 cm³/mol. The van der Waals surface area contributed by atoms with Crippen molar-refractivity contribution in [3.63, 3.8) is 0 Å². The number of amides is 1. The maximum atomic E-state index is 11.7. The van der Waals surface area contributed by atoms with Crippen LogP contribution in [0.5, 0.6) is 0 Å². The first-order valence-electron chi connectivity index (χ1n) is 5.15. The van der Waals surface area contributed by atoms with E-state index < -0.39 is 5.97 Å². The van der Waals surface area contributed by atoms with Gasteiger partial charge in [0.25, 0.3) is 0 Å². The molecule has 0 aromatic carbocycles. The highest BCUT2D eigenvalue weighted by Gasteiger charge is 2.27. The second-order valence-electron chi connectivity index (χ2n) is 3.69. The number of likely N-dealkylation sites (tertiary alicyclic amines) is 1. The number of carbonyl (C=O) groups excluding carboxylic acids is 1. The number of carboxylic acids is 1. The molecule has 0 aromatic heterocycles. The molecule has 1 aliphatic rings. The molecule has 80 valence electrons. The van der Waals surface area contributed by atoms with E-state index in [1.54, 1.807) is 0 Å². The van der Waals surface area contributed by atoms with Gasteiger partial charge in [0, 0.05) is 25.4 Å². The van der Waals surface area contributed by atoms with Gasteiger partial charge >= 0.3 is 5.97 Å². The molecule has 1 fully saturated rings. The Morgan fingerprint density at radius 3 is 2.93 bits per heavy atom. The molecule has 0 radical (unpaired) electrons. The molecule has 4 heteroatoms. The summed E-state index contributed by atoms with van der Waals surface area (Å²) in [4.78, 5) is 23.9. The minimum Gasteiger partial charge on any atom is -0.481 e. The number of carboxylic acid groups (broad SMARTS) is 1. The highest BCUT2D eigenvalue weighted by molar-refractivity contribution is 5.80. The quantitative estimate of drug-likeness (QED) is 0.737. The first-order valence-corrected chi connectivity index (χ1v) is 5.15. The van der Waals surface area contributed by atoms with Crippen molar-refractivity contribution in [2.75, 3.05) is 13.1 Å². The fourth-order valence-corrected chi connectivity index (χ4v) is 1.90. The summed E-state index contributed by atoms with van der Waals surface area (Å²) in [6.45, 7) is 3.53. The van der Waals surface area contributed by atoms with E-state index in [2.05, 4.69) is 0 Å². The van der Waals surface area contributed by atoms with E-state index in [9.17, 15) is 9.59 Å². The van der Waals surface area contributed by atoms with Gasteiger partial charge in [-0.25, -0.2) is 0 Å². The lowest BCUT2D eigenvalue weighted by Crippen LogP contribution is -2.41. The second kappa shape index (κ2) is 4.98. The standard InChI is InChI=1S/C10H17NO3/c1-2-11-7-3-4-8(10(11)14)5-6-9(12)13/h8H,2-7H2,1H3,(H,12,13). The molecule has 1 rings (SSSR count). The van der Waals surface area contributed by atoms with E-state index in [1.807, 2.05) is 11.8 Å². The van der Waals surface area contributed by atoms with Crippen LogP contribution < -0.4 is 0 Å². The predicted octanol–water partition coefficient (Wildman–Crippen LogP) is 1.11. The lowest BCUT2D eigenvalue weighted by Gasteiger charge is -2.31. The summed E-state index contributed by atoms with van der Waals surface area (Å²) >= 11 is 0. The van der Waals surface area contributed by atoms with Crippen LogP contribution in [0.1, 0.15) is 32.6 Å². The van der Waals surface area contributed by atoms with Gasteiger partial charge in [-0.3, -0.25) is 9.59 Å². The molecule has 0 saturated carbocycles. The van der Waals surface area contributed by atoms with Gasteiger partial charge in [0.2, 0.25) is 5.91 Å². The second-order valence-corrected chi connectivity index (χ2v) is 3.69. The number of hydrogen-bond acceptors (Lipinski definition) is 2. The van der Waals surface area contributed by atoms with E-state index in [-0.39, 0.29) is 18.2 Å². The molecule has 4 nitrogen and oxygen atoms in total. The summed E-state index contributed by atoms with van der Waals surface area (Å²) in [6.07, 6.45) is 2.45. The normalized spacial score (nSPS) is 22.5. The number of rotatable bonds is 4. The molecule has 1 heterocycles. The third-order valence-electron chi connectivity index (χ3n) is 2.73. The maximum Gasteiger partial charge on any atom is 0.303 e. The molecule has 0 aliphatic carbocycles. The fourth-order valence-electron chi connectivity index (χ4n) is 1.90. The van der Waals surface area contributed by atoms with Crippen LogP contribution in [0.2, 0.25) is 0 Å². The highest BCUT2D eigenvalue weighted by atomic mass is 16.4. The molecule has 14 heavy (non-hydrogen) atoms. The van der Waals surface area contributed by atoms with E-state index in [4.69, 9.17) is 5.11 Å². The van der Waals surface area contributed by atoms with Gasteiger partial charge in [-0.05, 0) is 26.2 Å². The van der Waals surface area contributed by atoms with Crippen molar-refractivity contribution >= 4 is 11.9 Å². The van der Waals surface area contributed by atoms with E-state index in [0.717, 1.165) is 25.9 Å². The number of carbonyl (C=O) groups is 2. The molecular formula is C10H17NO3. The Morgan fingerprint density at radius 1 is 1.64 bits per heavy atom. The van der Waals surface area contributed by atoms with Gasteiger partial charge in [0.1, 0.15) is 0 Å². The van der Waals surface area contributed by atoms with Gasteiger partial charge < -0.3 is 10.0 Å². The molecular weight excluding hydrogens is 182 g/mol. The largest absolute Gasteiger partial charge is 0.481 e. The minimum absolute atomic E-state index is 0.0557. The van der Waals surface area contributed by atoms with Crippen LogP contribution in [0, 0.1) is 5.92 Å². The third kappa shape index (κ3) is 2.72. The lowest BCUT2D eigenvalue weighted by atomic mass is 9.92. The number of hydrogen-bond donors (Lipinski definition) is 1. The van der Waals surface area contributed by atoms with E-state index in [1.165, 1.54) is 0 Å². The Morgan fingerprint density at radius 2 is 2.36 bits per heavy atom. The van der Waals surface area contributed by atoms with Crippen LogP contribution in [0.25, 0.3) is 0 Å². The Balaban J connectivity index is 2.43. The average molecular weight is 199 g/mol. The Kier molecular flexibility index (Phi) is 3.92. The summed E-state index contributed by atoms with van der Waals surface area (Å²) < 4.78 is 0. The Hall–Kier alpha value is -1.06. The fraction of sp³-hybridized carbons (Fsp3) is 0.800. The highest BCUT2D eigenvalue weighted by Crippen LogP contribution is 2.21. The molecule has 1 saturated heterocycles. The molecule has 1 atom stereocenters. The maximum absolute atomic E-state index is 11.7. The van der Waals surface area contributed by atoms with Crippen molar-refractivity contribution < 1.29 is 14.7 Å². The van der Waals surface area contributed by atoms with Crippen LogP contribution in [0.4, 0.5) is 0 Å². The van der Waals surface area contributed by atoms with Crippen LogP contribution in [0.15, 0.2) is 0 Å². The van der Waals surface area contributed by atoms with Crippen LogP contribution >= 0.6 is 0 Å². The lowest BCUT2D eigenvalue weighted by molar-refractivity contribution is -0.140. The Bertz CT molecular complexity index is 227. The summed E-state index contributed by atoms with van der Waals surface area (Å²) in [5, 5.41) is 8.53. The Labute approximate surface area is 83.9 Å². The number of piperidine rings is 1. The third-order valence-corrected chi connectivity index (χ3v) is 2.73. The van der Waals surface area contributed by atoms with Crippen LogP contribution in [-0.2, 0) is 9.59 Å². The number of nitrogens with zero attached hydrogens (tertiary/aromatic N) is 1. The van der Waals surface area contributed by atoms with Gasteiger partial charge in [-0.1, -0.05) is 0 Å². The molecule has 0 aromatic rings. The van der Waals surface area contributed by atoms with Crippen LogP contribution in [0.3, 0.4) is 0 Å². The summed E-state index contributed by atoms with van der Waals surface area (Å²) in [7, 11) is 0. The van der Waals surface area contributed by atoms with Gasteiger partial charge in [-0.15, -0.1) is 0 Å². The van der Waals surface area contributed by atoms with Gasteiger partial charge in [-0.2, -0.15) is 0 Å². The molecule has 1 N–H and O–H groups in total. The van der Waals surface area contributed by atoms with E-state index >= 15 is 0 Å². The van der Waals surface area contributed by atoms with Crippen molar-refractivity contribution in [1.29, 1.82) is 0 Å². The molecule has 1 aliphatic heterocycles.